The van der Waals surface area contributed by atoms with Crippen LogP contribution in [0.3, 0.4) is 0 Å². The van der Waals surface area contributed by atoms with E-state index in [1.165, 1.54) is 17.4 Å². The molecule has 0 saturated carbocycles. The van der Waals surface area contributed by atoms with E-state index in [1.54, 1.807) is 31.2 Å². The molecule has 27 heavy (non-hydrogen) atoms. The Morgan fingerprint density at radius 2 is 1.93 bits per heavy atom. The number of carbonyl (C=O) groups is 1. The fourth-order valence-electron chi connectivity index (χ4n) is 2.48. The molecule has 0 atom stereocenters. The second-order valence-corrected chi connectivity index (χ2v) is 7.86. The molecule has 1 N–H and O–H groups in total. The number of amides is 1. The number of hydrogen-bond acceptors (Lipinski definition) is 3. The largest absolute Gasteiger partial charge is 0.416 e. The highest BCUT2D eigenvalue weighted by Crippen LogP contribution is 2.31. The van der Waals surface area contributed by atoms with Crippen molar-refractivity contribution in [2.75, 3.05) is 5.32 Å². The van der Waals surface area contributed by atoms with E-state index in [4.69, 9.17) is 0 Å². The minimum atomic E-state index is -4.38. The second kappa shape index (κ2) is 7.82. The number of nitrogens with zero attached hydrogens (tertiary/aromatic N) is 1. The van der Waals surface area contributed by atoms with Gasteiger partial charge in [-0.1, -0.05) is 40.2 Å². The molecule has 1 aromatic heterocycles. The Kier molecular flexibility index (Phi) is 5.67. The van der Waals surface area contributed by atoms with Crippen molar-refractivity contribution < 1.29 is 18.0 Å². The van der Waals surface area contributed by atoms with Gasteiger partial charge in [-0.15, -0.1) is 11.3 Å². The van der Waals surface area contributed by atoms with Crippen LogP contribution in [-0.2, 0) is 12.6 Å². The zero-order valence-electron chi connectivity index (χ0n) is 14.1. The Bertz CT molecular complexity index is 985. The molecule has 0 aliphatic rings. The van der Waals surface area contributed by atoms with Gasteiger partial charge in [0.25, 0.3) is 5.91 Å². The van der Waals surface area contributed by atoms with Crippen LogP contribution in [0.5, 0.6) is 0 Å². The molecule has 0 aliphatic heterocycles. The van der Waals surface area contributed by atoms with Crippen LogP contribution in [0.1, 0.15) is 32.2 Å². The maximum absolute atomic E-state index is 12.8. The van der Waals surface area contributed by atoms with Gasteiger partial charge < -0.3 is 5.32 Å². The van der Waals surface area contributed by atoms with E-state index >= 15 is 0 Å². The van der Waals surface area contributed by atoms with Gasteiger partial charge in [0, 0.05) is 16.5 Å². The molecule has 3 nitrogen and oxygen atoms in total. The topological polar surface area (TPSA) is 42.0 Å². The molecular formula is C19H14BrF3N2OS. The normalized spacial score (nSPS) is 11.4. The summed E-state index contributed by atoms with van der Waals surface area (Å²) >= 11 is 4.58. The number of benzene rings is 2. The number of anilines is 1. The van der Waals surface area contributed by atoms with Crippen molar-refractivity contribution >= 4 is 38.2 Å². The van der Waals surface area contributed by atoms with E-state index in [0.717, 1.165) is 16.6 Å². The van der Waals surface area contributed by atoms with Crippen molar-refractivity contribution in [3.63, 3.8) is 0 Å². The number of alkyl halides is 3. The second-order valence-electron chi connectivity index (χ2n) is 5.86. The molecule has 3 rings (SSSR count). The minimum Gasteiger partial charge on any atom is -0.312 e. The maximum atomic E-state index is 12.8. The highest BCUT2D eigenvalue weighted by atomic mass is 79.9. The Morgan fingerprint density at radius 3 is 2.63 bits per heavy atom. The van der Waals surface area contributed by atoms with Crippen LogP contribution in [0.15, 0.2) is 53.0 Å². The first-order chi connectivity index (χ1) is 12.7. The first kappa shape index (κ1) is 19.6. The van der Waals surface area contributed by atoms with Crippen LogP contribution in [0.2, 0.25) is 0 Å². The van der Waals surface area contributed by atoms with E-state index in [2.05, 4.69) is 26.2 Å². The fraction of sp³-hybridized carbons (Fsp3) is 0.158. The molecule has 3 aromatic rings. The molecule has 0 bridgehead atoms. The van der Waals surface area contributed by atoms with Crippen LogP contribution in [-0.4, -0.2) is 10.9 Å². The molecule has 0 fully saturated rings. The average molecular weight is 455 g/mol. The number of hydrogen-bond donors (Lipinski definition) is 1. The molecule has 1 heterocycles. The quantitative estimate of drug-likeness (QED) is 0.519. The standard InChI is InChI=1S/C19H14BrF3N2OS/c1-11-18(25-17(26)13-5-3-7-15(20)10-13)27-16(24-11)9-12-4-2-6-14(8-12)19(21,22)23/h2-8,10H,9H2,1H3,(H,25,26). The Hall–Kier alpha value is -2.19. The number of aryl methyl sites for hydroxylation is 1. The van der Waals surface area contributed by atoms with Crippen molar-refractivity contribution in [3.8, 4) is 0 Å². The van der Waals surface area contributed by atoms with Crippen LogP contribution < -0.4 is 5.32 Å². The summed E-state index contributed by atoms with van der Waals surface area (Å²) in [4.78, 5) is 16.7. The van der Waals surface area contributed by atoms with Gasteiger partial charge in [-0.2, -0.15) is 13.2 Å². The SMILES string of the molecule is Cc1nc(Cc2cccc(C(F)(F)F)c2)sc1NC(=O)c1cccc(Br)c1. The molecule has 0 spiro atoms. The van der Waals surface area contributed by atoms with Crippen LogP contribution in [0.25, 0.3) is 0 Å². The monoisotopic (exact) mass is 454 g/mol. The third-order valence-corrected chi connectivity index (χ3v) is 5.33. The van der Waals surface area contributed by atoms with Crippen molar-refractivity contribution in [1.29, 1.82) is 0 Å². The summed E-state index contributed by atoms with van der Waals surface area (Å²) in [7, 11) is 0. The van der Waals surface area contributed by atoms with Gasteiger partial charge in [0.15, 0.2) is 0 Å². The van der Waals surface area contributed by atoms with E-state index in [0.29, 0.717) is 26.8 Å². The number of carbonyl (C=O) groups excluding carboxylic acids is 1. The maximum Gasteiger partial charge on any atom is 0.416 e. The fourth-order valence-corrected chi connectivity index (χ4v) is 3.87. The molecule has 0 unspecified atom stereocenters. The molecular weight excluding hydrogens is 441 g/mol. The number of aromatic nitrogens is 1. The first-order valence-corrected chi connectivity index (χ1v) is 9.52. The van der Waals surface area contributed by atoms with E-state index in [-0.39, 0.29) is 12.3 Å². The zero-order valence-corrected chi connectivity index (χ0v) is 16.5. The number of nitrogens with one attached hydrogen (secondary N) is 1. The Morgan fingerprint density at radius 1 is 1.19 bits per heavy atom. The number of rotatable bonds is 4. The summed E-state index contributed by atoms with van der Waals surface area (Å²) in [6.07, 6.45) is -4.11. The summed E-state index contributed by atoms with van der Waals surface area (Å²) < 4.78 is 39.3. The van der Waals surface area contributed by atoms with Gasteiger partial charge in [-0.05, 0) is 36.8 Å². The summed E-state index contributed by atoms with van der Waals surface area (Å²) in [6, 6.07) is 12.2. The highest BCUT2D eigenvalue weighted by Gasteiger charge is 2.30. The van der Waals surface area contributed by atoms with Crippen molar-refractivity contribution in [1.82, 2.24) is 4.98 Å². The smallest absolute Gasteiger partial charge is 0.312 e. The molecule has 8 heteroatoms. The van der Waals surface area contributed by atoms with Crippen molar-refractivity contribution in [2.24, 2.45) is 0 Å². The molecule has 2 aromatic carbocycles. The summed E-state index contributed by atoms with van der Waals surface area (Å²) in [5, 5.41) is 4.03. The lowest BCUT2D eigenvalue weighted by Gasteiger charge is -2.07. The van der Waals surface area contributed by atoms with Gasteiger partial charge in [-0.3, -0.25) is 4.79 Å². The third kappa shape index (κ3) is 4.95. The zero-order chi connectivity index (χ0) is 19.6. The van der Waals surface area contributed by atoms with Crippen LogP contribution in [0.4, 0.5) is 18.2 Å². The molecule has 0 aliphatic carbocycles. The van der Waals surface area contributed by atoms with Gasteiger partial charge in [0.05, 0.1) is 16.3 Å². The molecule has 0 saturated heterocycles. The predicted octanol–water partition coefficient (Wildman–Crippen LogP) is 6.08. The lowest BCUT2D eigenvalue weighted by molar-refractivity contribution is -0.137. The van der Waals surface area contributed by atoms with Gasteiger partial charge in [0.2, 0.25) is 0 Å². The van der Waals surface area contributed by atoms with Crippen LogP contribution >= 0.6 is 27.3 Å². The molecule has 1 amide bonds. The number of halogens is 4. The van der Waals surface area contributed by atoms with Gasteiger partial charge in [0.1, 0.15) is 5.00 Å². The van der Waals surface area contributed by atoms with Crippen molar-refractivity contribution in [3.05, 3.63) is 80.4 Å². The lowest BCUT2D eigenvalue weighted by atomic mass is 10.1. The first-order valence-electron chi connectivity index (χ1n) is 7.92. The minimum absolute atomic E-state index is 0.266. The highest BCUT2D eigenvalue weighted by molar-refractivity contribution is 9.10. The summed E-state index contributed by atoms with van der Waals surface area (Å²) in [5.41, 5.74) is 0.960. The summed E-state index contributed by atoms with van der Waals surface area (Å²) in [6.45, 7) is 1.75. The van der Waals surface area contributed by atoms with Gasteiger partial charge >= 0.3 is 6.18 Å². The van der Waals surface area contributed by atoms with E-state index < -0.39 is 11.7 Å². The van der Waals surface area contributed by atoms with E-state index in [1.807, 2.05) is 6.07 Å². The summed E-state index contributed by atoms with van der Waals surface area (Å²) in [5.74, 6) is -0.270. The Balaban J connectivity index is 1.76. The number of thiazole rings is 1. The van der Waals surface area contributed by atoms with Crippen molar-refractivity contribution in [2.45, 2.75) is 19.5 Å². The molecule has 0 radical (unpaired) electrons. The average Bonchev–Trinajstić information content (AvgIpc) is 2.93. The third-order valence-electron chi connectivity index (χ3n) is 3.76. The Labute approximate surface area is 166 Å². The van der Waals surface area contributed by atoms with Gasteiger partial charge in [-0.25, -0.2) is 4.98 Å². The molecule has 140 valence electrons. The van der Waals surface area contributed by atoms with Crippen LogP contribution in [0, 0.1) is 6.92 Å². The predicted molar refractivity (Wildman–Crippen MR) is 103 cm³/mol. The lowest BCUT2D eigenvalue weighted by Crippen LogP contribution is -2.11. The van der Waals surface area contributed by atoms with E-state index in [9.17, 15) is 18.0 Å².